The Morgan fingerprint density at radius 3 is 2.73 bits per heavy atom. The van der Waals surface area contributed by atoms with E-state index in [9.17, 15) is 10.1 Å². The number of hydrogen-bond donors (Lipinski definition) is 3. The summed E-state index contributed by atoms with van der Waals surface area (Å²) in [6.07, 6.45) is 4.15. The molecule has 4 N–H and O–H groups in total. The van der Waals surface area contributed by atoms with Crippen LogP contribution in [0.2, 0.25) is 5.02 Å². The molecule has 2 aromatic rings. The van der Waals surface area contributed by atoms with Crippen molar-refractivity contribution < 1.29 is 4.79 Å². The number of aromatic nitrogens is 2. The second-order valence-corrected chi connectivity index (χ2v) is 6.91. The van der Waals surface area contributed by atoms with Gasteiger partial charge in [-0.25, -0.2) is 0 Å². The van der Waals surface area contributed by atoms with Crippen molar-refractivity contribution in [2.75, 3.05) is 12.4 Å². The molecule has 0 radical (unpaired) electrons. The van der Waals surface area contributed by atoms with Crippen LogP contribution in [0.4, 0.5) is 11.5 Å². The van der Waals surface area contributed by atoms with Crippen molar-refractivity contribution in [1.82, 2.24) is 15.1 Å². The van der Waals surface area contributed by atoms with E-state index in [2.05, 4.69) is 21.8 Å². The topological polar surface area (TPSA) is 109 Å². The summed E-state index contributed by atoms with van der Waals surface area (Å²) < 4.78 is 1.71. The first-order valence-corrected chi connectivity index (χ1v) is 8.88. The van der Waals surface area contributed by atoms with Crippen molar-refractivity contribution in [1.29, 1.82) is 5.26 Å². The third-order valence-electron chi connectivity index (χ3n) is 4.83. The molecule has 8 heteroatoms. The smallest absolute Gasteiger partial charge is 0.254 e. The molecule has 1 aliphatic carbocycles. The molecule has 0 unspecified atom stereocenters. The molecule has 1 fully saturated rings. The minimum absolute atomic E-state index is 0.0801. The van der Waals surface area contributed by atoms with Gasteiger partial charge in [0.1, 0.15) is 5.56 Å². The van der Waals surface area contributed by atoms with Gasteiger partial charge in [0.15, 0.2) is 5.82 Å². The number of rotatable bonds is 5. The molecule has 1 heterocycles. The quantitative estimate of drug-likeness (QED) is 0.747. The predicted octanol–water partition coefficient (Wildman–Crippen LogP) is 2.83. The van der Waals surface area contributed by atoms with E-state index in [-0.39, 0.29) is 12.0 Å². The predicted molar refractivity (Wildman–Crippen MR) is 100 cm³/mol. The highest BCUT2D eigenvalue weighted by atomic mass is 35.5. The number of hydrogen-bond acceptors (Lipinski definition) is 5. The Labute approximate surface area is 157 Å². The molecule has 0 aliphatic heterocycles. The molecular formula is C18H21ClN6O. The van der Waals surface area contributed by atoms with Crippen molar-refractivity contribution in [2.45, 2.75) is 31.3 Å². The molecule has 136 valence electrons. The summed E-state index contributed by atoms with van der Waals surface area (Å²) in [5.41, 5.74) is 6.56. The highest BCUT2D eigenvalue weighted by Crippen LogP contribution is 2.34. The van der Waals surface area contributed by atoms with E-state index in [1.54, 1.807) is 35.1 Å². The van der Waals surface area contributed by atoms with Crippen LogP contribution >= 0.6 is 11.6 Å². The van der Waals surface area contributed by atoms with Crippen LogP contribution in [0, 0.1) is 17.2 Å². The van der Waals surface area contributed by atoms with Crippen molar-refractivity contribution in [3.8, 4) is 6.07 Å². The van der Waals surface area contributed by atoms with Crippen molar-refractivity contribution in [3.05, 3.63) is 41.0 Å². The molecule has 1 aromatic heterocycles. The SMILES string of the molecule is CN[C@H]1CC[C@H](n2cc(C(N)=O)c(Nc3ccc(Cl)cc3)n2)[C@@H](C#N)C1. The zero-order valence-corrected chi connectivity index (χ0v) is 15.2. The number of carbonyl (C=O) groups is 1. The average molecular weight is 373 g/mol. The Kier molecular flexibility index (Phi) is 5.45. The van der Waals surface area contributed by atoms with Crippen LogP contribution in [0.25, 0.3) is 0 Å². The number of nitrogens with one attached hydrogen (secondary N) is 2. The van der Waals surface area contributed by atoms with Crippen molar-refractivity contribution >= 4 is 29.0 Å². The third-order valence-corrected chi connectivity index (χ3v) is 5.08. The van der Waals surface area contributed by atoms with E-state index < -0.39 is 5.91 Å². The van der Waals surface area contributed by atoms with E-state index in [0.717, 1.165) is 24.9 Å². The first-order chi connectivity index (χ1) is 12.5. The van der Waals surface area contributed by atoms with Crippen LogP contribution < -0.4 is 16.4 Å². The fourth-order valence-electron chi connectivity index (χ4n) is 3.38. The number of halogens is 1. The summed E-state index contributed by atoms with van der Waals surface area (Å²) in [6.45, 7) is 0. The fraction of sp³-hybridized carbons (Fsp3) is 0.389. The zero-order chi connectivity index (χ0) is 18.7. The van der Waals surface area contributed by atoms with Gasteiger partial charge in [-0.3, -0.25) is 9.48 Å². The summed E-state index contributed by atoms with van der Waals surface area (Å²) >= 11 is 5.90. The Morgan fingerprint density at radius 2 is 2.12 bits per heavy atom. The Bertz CT molecular complexity index is 825. The zero-order valence-electron chi connectivity index (χ0n) is 14.4. The number of carbonyl (C=O) groups excluding carboxylic acids is 1. The molecule has 1 aliphatic rings. The van der Waals surface area contributed by atoms with E-state index in [0.29, 0.717) is 22.4 Å². The third kappa shape index (κ3) is 3.82. The molecule has 3 atom stereocenters. The molecule has 0 bridgehead atoms. The number of amides is 1. The molecule has 0 spiro atoms. The van der Waals surface area contributed by atoms with Gasteiger partial charge in [-0.2, -0.15) is 10.4 Å². The second kappa shape index (κ2) is 7.77. The number of primary amides is 1. The first-order valence-electron chi connectivity index (χ1n) is 8.50. The minimum Gasteiger partial charge on any atom is -0.365 e. The summed E-state index contributed by atoms with van der Waals surface area (Å²) in [5.74, 6) is -0.359. The number of nitrogens with two attached hydrogens (primary N) is 1. The van der Waals surface area contributed by atoms with Gasteiger partial charge in [0, 0.05) is 22.9 Å². The summed E-state index contributed by atoms with van der Waals surface area (Å²) in [5, 5.41) is 21.0. The lowest BCUT2D eigenvalue weighted by molar-refractivity contribution is 0.100. The number of nitriles is 1. The van der Waals surface area contributed by atoms with Gasteiger partial charge in [-0.05, 0) is 50.6 Å². The summed E-state index contributed by atoms with van der Waals surface area (Å²) in [6, 6.07) is 9.71. The lowest BCUT2D eigenvalue weighted by Crippen LogP contribution is -2.36. The highest BCUT2D eigenvalue weighted by molar-refractivity contribution is 6.30. The van der Waals surface area contributed by atoms with Gasteiger partial charge in [0.05, 0.1) is 18.0 Å². The van der Waals surface area contributed by atoms with Gasteiger partial charge in [0.25, 0.3) is 5.91 Å². The molecular weight excluding hydrogens is 352 g/mol. The van der Waals surface area contributed by atoms with Crippen LogP contribution in [-0.4, -0.2) is 28.8 Å². The van der Waals surface area contributed by atoms with Crippen molar-refractivity contribution in [3.63, 3.8) is 0 Å². The van der Waals surface area contributed by atoms with Gasteiger partial charge < -0.3 is 16.4 Å². The Morgan fingerprint density at radius 1 is 1.38 bits per heavy atom. The van der Waals surface area contributed by atoms with Crippen LogP contribution in [0.3, 0.4) is 0 Å². The average Bonchev–Trinajstić information content (AvgIpc) is 3.07. The lowest BCUT2D eigenvalue weighted by atomic mass is 9.82. The van der Waals surface area contributed by atoms with E-state index in [1.165, 1.54) is 0 Å². The summed E-state index contributed by atoms with van der Waals surface area (Å²) in [7, 11) is 1.91. The molecule has 1 aromatic carbocycles. The maximum atomic E-state index is 11.8. The van der Waals surface area contributed by atoms with E-state index in [4.69, 9.17) is 17.3 Å². The second-order valence-electron chi connectivity index (χ2n) is 6.47. The molecule has 3 rings (SSSR count). The fourth-order valence-corrected chi connectivity index (χ4v) is 3.50. The van der Waals surface area contributed by atoms with Crippen LogP contribution in [-0.2, 0) is 0 Å². The summed E-state index contributed by atoms with van der Waals surface area (Å²) in [4.78, 5) is 11.8. The molecule has 0 saturated heterocycles. The van der Waals surface area contributed by atoms with E-state index >= 15 is 0 Å². The van der Waals surface area contributed by atoms with Crippen LogP contribution in [0.15, 0.2) is 30.5 Å². The molecule has 26 heavy (non-hydrogen) atoms. The van der Waals surface area contributed by atoms with Gasteiger partial charge in [-0.1, -0.05) is 11.6 Å². The van der Waals surface area contributed by atoms with Gasteiger partial charge in [-0.15, -0.1) is 0 Å². The van der Waals surface area contributed by atoms with Crippen molar-refractivity contribution in [2.24, 2.45) is 11.7 Å². The molecule has 1 amide bonds. The van der Waals surface area contributed by atoms with E-state index in [1.807, 2.05) is 7.05 Å². The maximum Gasteiger partial charge on any atom is 0.254 e. The Hall–Kier alpha value is -2.56. The van der Waals surface area contributed by atoms with Crippen LogP contribution in [0.5, 0.6) is 0 Å². The first kappa shape index (κ1) is 18.2. The number of benzene rings is 1. The largest absolute Gasteiger partial charge is 0.365 e. The number of nitrogens with zero attached hydrogens (tertiary/aromatic N) is 3. The van der Waals surface area contributed by atoms with Gasteiger partial charge in [0.2, 0.25) is 0 Å². The molecule has 1 saturated carbocycles. The minimum atomic E-state index is -0.565. The highest BCUT2D eigenvalue weighted by Gasteiger charge is 2.32. The lowest BCUT2D eigenvalue weighted by Gasteiger charge is -2.32. The normalized spacial score (nSPS) is 22.6. The number of anilines is 2. The Balaban J connectivity index is 1.88. The standard InChI is InChI=1S/C18H21ClN6O/c1-22-14-6-7-16(11(8-14)9-20)25-10-15(17(21)26)18(24-25)23-13-4-2-12(19)3-5-13/h2-5,10-11,14,16,22H,6-8H2,1H3,(H2,21,26)(H,23,24)/t11-,14+,16+/m1/s1. The van der Waals surface area contributed by atoms with Crippen LogP contribution in [0.1, 0.15) is 35.7 Å². The van der Waals surface area contributed by atoms with Gasteiger partial charge >= 0.3 is 0 Å². The molecule has 7 nitrogen and oxygen atoms in total. The maximum absolute atomic E-state index is 11.8. The monoisotopic (exact) mass is 372 g/mol.